The summed E-state index contributed by atoms with van der Waals surface area (Å²) in [4.78, 5) is 15.4. The van der Waals surface area contributed by atoms with Crippen LogP contribution in [0, 0.1) is 0 Å². The first kappa shape index (κ1) is 17.9. The second-order valence-electron chi connectivity index (χ2n) is 6.19. The minimum atomic E-state index is -1.10. The average molecular weight is 395 g/mol. The van der Waals surface area contributed by atoms with Gasteiger partial charge in [-0.05, 0) is 30.3 Å². The summed E-state index contributed by atoms with van der Waals surface area (Å²) in [6, 6.07) is 15.6. The molecule has 0 aliphatic rings. The van der Waals surface area contributed by atoms with Gasteiger partial charge >= 0.3 is 5.97 Å². The van der Waals surface area contributed by atoms with Crippen LogP contribution < -0.4 is 0 Å². The number of hydrogen-bond acceptors (Lipinski definition) is 4. The van der Waals surface area contributed by atoms with E-state index < -0.39 is 5.97 Å². The zero-order valence-electron chi connectivity index (χ0n) is 14.5. The summed E-state index contributed by atoms with van der Waals surface area (Å²) in [5.41, 5.74) is 2.23. The maximum atomic E-state index is 11.0. The van der Waals surface area contributed by atoms with Crippen LogP contribution >= 0.6 is 11.6 Å². The molecule has 0 atom stereocenters. The lowest BCUT2D eigenvalue weighted by Gasteiger charge is -2.02. The predicted molar refractivity (Wildman–Crippen MR) is 107 cm³/mol. The number of aromatic carboxylic acids is 1. The Labute approximate surface area is 164 Å². The van der Waals surface area contributed by atoms with Gasteiger partial charge in [0.2, 0.25) is 5.76 Å². The van der Waals surface area contributed by atoms with Crippen molar-refractivity contribution in [2.75, 3.05) is 0 Å². The van der Waals surface area contributed by atoms with Crippen molar-refractivity contribution < 1.29 is 19.4 Å². The number of phenols is 1. The number of para-hydroxylation sites is 1. The topological polar surface area (TPSA) is 88.0 Å². The molecule has 0 unspecified atom stereocenters. The number of halogens is 1. The van der Waals surface area contributed by atoms with E-state index in [1.807, 2.05) is 35.0 Å². The number of aliphatic imine (C=N–C) groups is 1. The molecule has 7 heteroatoms. The first-order valence-corrected chi connectivity index (χ1v) is 8.81. The summed E-state index contributed by atoms with van der Waals surface area (Å²) in [5.74, 6) is -0.646. The van der Waals surface area contributed by atoms with Gasteiger partial charge in [-0.3, -0.25) is 4.99 Å². The molecular weight excluding hydrogens is 380 g/mol. The van der Waals surface area contributed by atoms with Crippen LogP contribution in [0.4, 0.5) is 5.69 Å². The van der Waals surface area contributed by atoms with Gasteiger partial charge in [0.1, 0.15) is 17.2 Å². The molecule has 0 amide bonds. The molecule has 0 aliphatic heterocycles. The fourth-order valence-electron chi connectivity index (χ4n) is 3.00. The highest BCUT2D eigenvalue weighted by Gasteiger charge is 2.12. The van der Waals surface area contributed by atoms with E-state index in [-0.39, 0.29) is 11.5 Å². The lowest BCUT2D eigenvalue weighted by Crippen LogP contribution is -1.97. The molecule has 2 heterocycles. The number of hydrogen-bond donors (Lipinski definition) is 2. The SMILES string of the molecule is O=C(O)c1ccc(Cn2cc(C=Nc3ccc(Cl)cc3O)c3ccccc32)o1. The van der Waals surface area contributed by atoms with Gasteiger partial charge in [0, 0.05) is 40.0 Å². The highest BCUT2D eigenvalue weighted by molar-refractivity contribution is 6.30. The number of benzene rings is 2. The van der Waals surface area contributed by atoms with E-state index in [2.05, 4.69) is 4.99 Å². The fourth-order valence-corrected chi connectivity index (χ4v) is 3.17. The Hall–Kier alpha value is -3.51. The van der Waals surface area contributed by atoms with Crippen molar-refractivity contribution >= 4 is 40.4 Å². The Morgan fingerprint density at radius 3 is 2.75 bits per heavy atom. The van der Waals surface area contributed by atoms with Gasteiger partial charge in [-0.1, -0.05) is 29.8 Å². The van der Waals surface area contributed by atoms with Crippen molar-refractivity contribution in [1.82, 2.24) is 4.57 Å². The van der Waals surface area contributed by atoms with Gasteiger partial charge in [-0.2, -0.15) is 0 Å². The van der Waals surface area contributed by atoms with Gasteiger partial charge in [-0.15, -0.1) is 0 Å². The lowest BCUT2D eigenvalue weighted by molar-refractivity contribution is 0.0660. The van der Waals surface area contributed by atoms with E-state index in [9.17, 15) is 9.90 Å². The molecule has 0 saturated carbocycles. The molecule has 140 valence electrons. The number of furan rings is 1. The standard InChI is InChI=1S/C21H15ClN2O4/c22-14-5-7-17(19(25)9-14)23-10-13-11-24(18-4-2-1-3-16(13)18)12-15-6-8-20(28-15)21(26)27/h1-11,25H,12H2,(H,26,27). The highest BCUT2D eigenvalue weighted by atomic mass is 35.5. The second kappa shape index (κ2) is 7.25. The maximum Gasteiger partial charge on any atom is 0.371 e. The van der Waals surface area contributed by atoms with Crippen molar-refractivity contribution in [3.05, 3.63) is 82.9 Å². The summed E-state index contributed by atoms with van der Waals surface area (Å²) in [6.45, 7) is 0.383. The fraction of sp³-hybridized carbons (Fsp3) is 0.0476. The van der Waals surface area contributed by atoms with E-state index in [0.29, 0.717) is 23.0 Å². The van der Waals surface area contributed by atoms with Crippen LogP contribution in [0.2, 0.25) is 5.02 Å². The van der Waals surface area contributed by atoms with Crippen LogP contribution in [0.3, 0.4) is 0 Å². The molecule has 2 aromatic carbocycles. The van der Waals surface area contributed by atoms with Gasteiger partial charge < -0.3 is 19.2 Å². The molecule has 0 fully saturated rings. The molecule has 0 spiro atoms. The third-order valence-corrected chi connectivity index (χ3v) is 4.53. The van der Waals surface area contributed by atoms with E-state index in [4.69, 9.17) is 21.1 Å². The molecule has 4 aromatic rings. The Morgan fingerprint density at radius 1 is 1.18 bits per heavy atom. The summed E-state index contributed by atoms with van der Waals surface area (Å²) < 4.78 is 7.33. The zero-order valence-corrected chi connectivity index (χ0v) is 15.3. The minimum absolute atomic E-state index is 0.00396. The smallest absolute Gasteiger partial charge is 0.371 e. The zero-order chi connectivity index (χ0) is 19.7. The molecule has 0 aliphatic carbocycles. The van der Waals surface area contributed by atoms with Crippen molar-refractivity contribution in [2.24, 2.45) is 4.99 Å². The minimum Gasteiger partial charge on any atom is -0.506 e. The van der Waals surface area contributed by atoms with Crippen molar-refractivity contribution in [3.8, 4) is 5.75 Å². The van der Waals surface area contributed by atoms with Crippen LogP contribution in [-0.2, 0) is 6.54 Å². The van der Waals surface area contributed by atoms with Gasteiger partial charge in [0.05, 0.1) is 6.54 Å². The first-order valence-electron chi connectivity index (χ1n) is 8.44. The number of rotatable bonds is 5. The molecular formula is C21H15ClN2O4. The summed E-state index contributed by atoms with van der Waals surface area (Å²) >= 11 is 5.85. The van der Waals surface area contributed by atoms with Crippen molar-refractivity contribution in [1.29, 1.82) is 0 Å². The number of carboxylic acids is 1. The molecule has 28 heavy (non-hydrogen) atoms. The van der Waals surface area contributed by atoms with Crippen LogP contribution in [0.25, 0.3) is 10.9 Å². The predicted octanol–water partition coefficient (Wildman–Crippen LogP) is 5.09. The van der Waals surface area contributed by atoms with E-state index in [1.165, 1.54) is 12.1 Å². The average Bonchev–Trinajstić information content (AvgIpc) is 3.27. The molecule has 6 nitrogen and oxygen atoms in total. The van der Waals surface area contributed by atoms with E-state index >= 15 is 0 Å². The van der Waals surface area contributed by atoms with Crippen molar-refractivity contribution in [3.63, 3.8) is 0 Å². The Balaban J connectivity index is 1.69. The van der Waals surface area contributed by atoms with Gasteiger partial charge in [0.15, 0.2) is 0 Å². The Bertz CT molecular complexity index is 1210. The summed E-state index contributed by atoms with van der Waals surface area (Å²) in [7, 11) is 0. The number of nitrogens with zero attached hydrogens (tertiary/aromatic N) is 2. The van der Waals surface area contributed by atoms with Gasteiger partial charge in [0.25, 0.3) is 0 Å². The maximum absolute atomic E-state index is 11.0. The number of phenolic OH excluding ortho intramolecular Hbond substituents is 1. The number of fused-ring (bicyclic) bond motifs is 1. The molecule has 0 radical (unpaired) electrons. The molecule has 2 N–H and O–H groups in total. The number of aromatic hydroxyl groups is 1. The summed E-state index contributed by atoms with van der Waals surface area (Å²) in [6.07, 6.45) is 3.58. The Morgan fingerprint density at radius 2 is 2.00 bits per heavy atom. The molecule has 0 bridgehead atoms. The normalized spacial score (nSPS) is 11.5. The number of carbonyl (C=O) groups is 1. The second-order valence-corrected chi connectivity index (χ2v) is 6.63. The molecule has 4 rings (SSSR count). The first-order chi connectivity index (χ1) is 13.5. The number of carboxylic acid groups (broad SMARTS) is 1. The molecule has 0 saturated heterocycles. The Kier molecular flexibility index (Phi) is 4.63. The number of aromatic nitrogens is 1. The molecule has 2 aromatic heterocycles. The largest absolute Gasteiger partial charge is 0.506 e. The van der Waals surface area contributed by atoms with Gasteiger partial charge in [-0.25, -0.2) is 4.79 Å². The third kappa shape index (κ3) is 3.50. The van der Waals surface area contributed by atoms with E-state index in [0.717, 1.165) is 16.5 Å². The van der Waals surface area contributed by atoms with Crippen LogP contribution in [-0.4, -0.2) is 27.0 Å². The lowest BCUT2D eigenvalue weighted by atomic mass is 10.2. The highest BCUT2D eigenvalue weighted by Crippen LogP contribution is 2.30. The van der Waals surface area contributed by atoms with Crippen LogP contribution in [0.15, 0.2) is 70.2 Å². The monoisotopic (exact) mass is 394 g/mol. The van der Waals surface area contributed by atoms with Crippen molar-refractivity contribution in [2.45, 2.75) is 6.54 Å². The quantitative estimate of drug-likeness (QED) is 0.461. The van der Waals surface area contributed by atoms with Crippen LogP contribution in [0.5, 0.6) is 5.75 Å². The third-order valence-electron chi connectivity index (χ3n) is 4.30. The summed E-state index contributed by atoms with van der Waals surface area (Å²) in [5, 5.41) is 20.4. The van der Waals surface area contributed by atoms with E-state index in [1.54, 1.807) is 24.4 Å². The van der Waals surface area contributed by atoms with Crippen LogP contribution in [0.1, 0.15) is 21.9 Å².